The van der Waals surface area contributed by atoms with Crippen molar-refractivity contribution in [3.8, 4) is 0 Å². The molecule has 3 nitrogen and oxygen atoms in total. The van der Waals surface area contributed by atoms with E-state index in [0.29, 0.717) is 18.7 Å². The third-order valence-corrected chi connectivity index (χ3v) is 3.55. The molecule has 1 aliphatic rings. The van der Waals surface area contributed by atoms with Gasteiger partial charge in [0.15, 0.2) is 5.60 Å². The summed E-state index contributed by atoms with van der Waals surface area (Å²) in [7, 11) is -0.581. The molecule has 1 aliphatic heterocycles. The zero-order chi connectivity index (χ0) is 15.9. The fourth-order valence-electron chi connectivity index (χ4n) is 2.01. The first-order chi connectivity index (χ1) is 9.53. The number of rotatable bonds is 2. The van der Waals surface area contributed by atoms with Crippen molar-refractivity contribution in [1.29, 1.82) is 0 Å². The summed E-state index contributed by atoms with van der Waals surface area (Å²) in [4.78, 5) is 0. The van der Waals surface area contributed by atoms with E-state index in [9.17, 15) is 18.3 Å². The summed E-state index contributed by atoms with van der Waals surface area (Å²) < 4.78 is 49.4. The maximum atomic E-state index is 12.8. The first kappa shape index (κ1) is 16.3. The summed E-state index contributed by atoms with van der Waals surface area (Å²) in [5.41, 5.74) is -2.53. The molecule has 21 heavy (non-hydrogen) atoms. The van der Waals surface area contributed by atoms with Crippen LogP contribution in [0.2, 0.25) is 0 Å². The zero-order valence-electron chi connectivity index (χ0n) is 12.2. The first-order valence-corrected chi connectivity index (χ1v) is 6.66. The van der Waals surface area contributed by atoms with Gasteiger partial charge in [0.2, 0.25) is 0 Å². The van der Waals surface area contributed by atoms with Gasteiger partial charge in [-0.05, 0) is 17.9 Å². The molecule has 1 unspecified atom stereocenters. The summed E-state index contributed by atoms with van der Waals surface area (Å²) in [6, 6.07) is 5.46. The quantitative estimate of drug-likeness (QED) is 0.852. The first-order valence-electron chi connectivity index (χ1n) is 6.66. The second kappa shape index (κ2) is 5.30. The number of halogens is 3. The van der Waals surface area contributed by atoms with Gasteiger partial charge >= 0.3 is 13.3 Å². The lowest BCUT2D eigenvalue weighted by Gasteiger charge is -2.33. The molecule has 0 bridgehead atoms. The molecule has 1 saturated heterocycles. The van der Waals surface area contributed by atoms with Gasteiger partial charge in [-0.25, -0.2) is 0 Å². The molecule has 7 heteroatoms. The Morgan fingerprint density at radius 2 is 1.57 bits per heavy atom. The highest BCUT2D eigenvalue weighted by atomic mass is 19.4. The Balaban J connectivity index is 2.13. The SMILES string of the molecule is CC1(C)COB(c2ccc(C(C)(O)C(F)(F)F)cc2)OC1. The molecule has 116 valence electrons. The summed E-state index contributed by atoms with van der Waals surface area (Å²) in [5, 5.41) is 9.60. The van der Waals surface area contributed by atoms with E-state index in [2.05, 4.69) is 0 Å². The van der Waals surface area contributed by atoms with Gasteiger partial charge in [0.25, 0.3) is 0 Å². The average molecular weight is 302 g/mol. The van der Waals surface area contributed by atoms with Gasteiger partial charge in [-0.1, -0.05) is 38.1 Å². The Kier molecular flexibility index (Phi) is 4.12. The van der Waals surface area contributed by atoms with E-state index in [0.717, 1.165) is 6.92 Å². The topological polar surface area (TPSA) is 38.7 Å². The van der Waals surface area contributed by atoms with Crippen LogP contribution in [0.15, 0.2) is 24.3 Å². The van der Waals surface area contributed by atoms with Crippen LogP contribution < -0.4 is 5.46 Å². The predicted molar refractivity (Wildman–Crippen MR) is 73.1 cm³/mol. The smallest absolute Gasteiger partial charge is 0.407 e. The Bertz CT molecular complexity index is 487. The van der Waals surface area contributed by atoms with Gasteiger partial charge in [-0.15, -0.1) is 0 Å². The van der Waals surface area contributed by atoms with E-state index in [4.69, 9.17) is 9.31 Å². The summed E-state index contributed by atoms with van der Waals surface area (Å²) in [5.74, 6) is 0. The van der Waals surface area contributed by atoms with Crippen LogP contribution in [0, 0.1) is 5.41 Å². The molecular formula is C14H18BF3O3. The van der Waals surface area contributed by atoms with Crippen LogP contribution >= 0.6 is 0 Å². The van der Waals surface area contributed by atoms with Crippen LogP contribution in [-0.2, 0) is 14.9 Å². The Labute approximate surface area is 122 Å². The van der Waals surface area contributed by atoms with E-state index in [1.165, 1.54) is 24.3 Å². The van der Waals surface area contributed by atoms with E-state index < -0.39 is 18.9 Å². The van der Waals surface area contributed by atoms with Gasteiger partial charge in [-0.3, -0.25) is 0 Å². The van der Waals surface area contributed by atoms with Crippen molar-refractivity contribution in [2.24, 2.45) is 5.41 Å². The molecular weight excluding hydrogens is 284 g/mol. The molecule has 1 aromatic carbocycles. The molecule has 0 amide bonds. The highest BCUT2D eigenvalue weighted by Gasteiger charge is 2.51. The molecule has 0 aromatic heterocycles. The molecule has 0 spiro atoms. The molecule has 0 radical (unpaired) electrons. The van der Waals surface area contributed by atoms with Gasteiger partial charge in [0, 0.05) is 18.6 Å². The van der Waals surface area contributed by atoms with E-state index in [1.807, 2.05) is 13.8 Å². The fourth-order valence-corrected chi connectivity index (χ4v) is 2.01. The Hall–Kier alpha value is -1.05. The zero-order valence-corrected chi connectivity index (χ0v) is 12.2. The van der Waals surface area contributed by atoms with Gasteiger partial charge in [0.1, 0.15) is 0 Å². The number of hydrogen-bond acceptors (Lipinski definition) is 3. The standard InChI is InChI=1S/C14H18BF3O3/c1-12(2)8-20-15(21-9-12)11-6-4-10(5-7-11)13(3,19)14(16,17)18/h4-7,19H,8-9H2,1-3H3. The minimum absolute atomic E-state index is 0.0730. The highest BCUT2D eigenvalue weighted by Crippen LogP contribution is 2.38. The van der Waals surface area contributed by atoms with Crippen molar-refractivity contribution in [2.75, 3.05) is 13.2 Å². The number of benzene rings is 1. The maximum Gasteiger partial charge on any atom is 0.493 e. The molecule has 0 aliphatic carbocycles. The van der Waals surface area contributed by atoms with Crippen LogP contribution in [0.5, 0.6) is 0 Å². The molecule has 1 heterocycles. The minimum atomic E-state index is -4.73. The Morgan fingerprint density at radius 3 is 2.00 bits per heavy atom. The lowest BCUT2D eigenvalue weighted by atomic mass is 9.75. The van der Waals surface area contributed by atoms with E-state index in [1.54, 1.807) is 0 Å². The van der Waals surface area contributed by atoms with Gasteiger partial charge in [-0.2, -0.15) is 13.2 Å². The number of alkyl halides is 3. The number of hydrogen-bond donors (Lipinski definition) is 1. The average Bonchev–Trinajstić information content (AvgIpc) is 2.37. The lowest BCUT2D eigenvalue weighted by Crippen LogP contribution is -2.47. The van der Waals surface area contributed by atoms with Crippen molar-refractivity contribution in [3.63, 3.8) is 0 Å². The largest absolute Gasteiger partial charge is 0.493 e. The molecule has 1 atom stereocenters. The lowest BCUT2D eigenvalue weighted by molar-refractivity contribution is -0.258. The summed E-state index contributed by atoms with van der Waals surface area (Å²) in [6.45, 7) is 5.77. The second-order valence-electron chi connectivity index (χ2n) is 6.31. The monoisotopic (exact) mass is 302 g/mol. The van der Waals surface area contributed by atoms with Crippen molar-refractivity contribution in [2.45, 2.75) is 32.5 Å². The van der Waals surface area contributed by atoms with Crippen LogP contribution in [0.4, 0.5) is 13.2 Å². The van der Waals surface area contributed by atoms with Gasteiger partial charge < -0.3 is 14.4 Å². The van der Waals surface area contributed by atoms with Crippen molar-refractivity contribution >= 4 is 12.6 Å². The molecule has 2 rings (SSSR count). The summed E-state index contributed by atoms with van der Waals surface area (Å²) >= 11 is 0. The summed E-state index contributed by atoms with van der Waals surface area (Å²) in [6.07, 6.45) is -4.73. The molecule has 1 fully saturated rings. The van der Waals surface area contributed by atoms with Crippen molar-refractivity contribution in [3.05, 3.63) is 29.8 Å². The van der Waals surface area contributed by atoms with E-state index in [-0.39, 0.29) is 11.0 Å². The Morgan fingerprint density at radius 1 is 1.10 bits per heavy atom. The van der Waals surface area contributed by atoms with Crippen LogP contribution in [-0.4, -0.2) is 31.6 Å². The molecule has 1 aromatic rings. The highest BCUT2D eigenvalue weighted by molar-refractivity contribution is 6.61. The third kappa shape index (κ3) is 3.41. The van der Waals surface area contributed by atoms with Crippen molar-refractivity contribution < 1.29 is 27.6 Å². The molecule has 0 saturated carbocycles. The van der Waals surface area contributed by atoms with Crippen molar-refractivity contribution in [1.82, 2.24) is 0 Å². The third-order valence-electron chi connectivity index (χ3n) is 3.55. The predicted octanol–water partition coefficient (Wildman–Crippen LogP) is 2.22. The number of aliphatic hydroxyl groups is 1. The fraction of sp³-hybridized carbons (Fsp3) is 0.571. The van der Waals surface area contributed by atoms with E-state index >= 15 is 0 Å². The van der Waals surface area contributed by atoms with Crippen LogP contribution in [0.1, 0.15) is 26.3 Å². The molecule has 1 N–H and O–H groups in total. The van der Waals surface area contributed by atoms with Crippen LogP contribution in [0.25, 0.3) is 0 Å². The second-order valence-corrected chi connectivity index (χ2v) is 6.31. The normalized spacial score (nSPS) is 22.0. The van der Waals surface area contributed by atoms with Gasteiger partial charge in [0.05, 0.1) is 0 Å². The maximum absolute atomic E-state index is 12.8. The minimum Gasteiger partial charge on any atom is -0.407 e. The van der Waals surface area contributed by atoms with Crippen LogP contribution in [0.3, 0.4) is 0 Å².